The molecule has 130 valence electrons. The maximum atomic E-state index is 12.6. The summed E-state index contributed by atoms with van der Waals surface area (Å²) >= 11 is 0. The van der Waals surface area contributed by atoms with Gasteiger partial charge in [0.05, 0.1) is 11.6 Å². The molecule has 25 heavy (non-hydrogen) atoms. The molecular formula is C18H15F3N2O2. The van der Waals surface area contributed by atoms with Crippen molar-refractivity contribution in [2.45, 2.75) is 18.6 Å². The molecule has 1 unspecified atom stereocenters. The van der Waals surface area contributed by atoms with E-state index in [4.69, 9.17) is 0 Å². The van der Waals surface area contributed by atoms with Crippen LogP contribution in [0.4, 0.5) is 18.9 Å². The summed E-state index contributed by atoms with van der Waals surface area (Å²) < 4.78 is 37.7. The Morgan fingerprint density at radius 2 is 1.68 bits per heavy atom. The van der Waals surface area contributed by atoms with Crippen molar-refractivity contribution >= 4 is 17.5 Å². The summed E-state index contributed by atoms with van der Waals surface area (Å²) in [5.41, 5.74) is 0.0627. The van der Waals surface area contributed by atoms with Gasteiger partial charge in [0.2, 0.25) is 5.91 Å². The first-order valence-electron chi connectivity index (χ1n) is 7.68. The number of alkyl halides is 3. The number of nitrogens with zero attached hydrogens (tertiary/aromatic N) is 1. The fourth-order valence-corrected chi connectivity index (χ4v) is 2.74. The monoisotopic (exact) mass is 348 g/mol. The average molecular weight is 348 g/mol. The van der Waals surface area contributed by atoms with Crippen LogP contribution in [0.25, 0.3) is 0 Å². The van der Waals surface area contributed by atoms with Gasteiger partial charge in [0.25, 0.3) is 5.91 Å². The van der Waals surface area contributed by atoms with Crippen molar-refractivity contribution in [2.24, 2.45) is 0 Å². The highest BCUT2D eigenvalue weighted by molar-refractivity contribution is 5.98. The minimum atomic E-state index is -4.44. The van der Waals surface area contributed by atoms with Gasteiger partial charge in [0, 0.05) is 24.2 Å². The number of benzene rings is 2. The first-order valence-corrected chi connectivity index (χ1v) is 7.68. The van der Waals surface area contributed by atoms with Crippen LogP contribution in [0, 0.1) is 0 Å². The van der Waals surface area contributed by atoms with Gasteiger partial charge in [-0.25, -0.2) is 0 Å². The summed E-state index contributed by atoms with van der Waals surface area (Å²) in [6, 6.07) is 12.7. The van der Waals surface area contributed by atoms with Gasteiger partial charge in [0.1, 0.15) is 0 Å². The van der Waals surface area contributed by atoms with Gasteiger partial charge < -0.3 is 10.2 Å². The zero-order valence-corrected chi connectivity index (χ0v) is 13.1. The van der Waals surface area contributed by atoms with Crippen LogP contribution in [-0.2, 0) is 11.0 Å². The molecule has 0 spiro atoms. The number of hydrogen-bond donors (Lipinski definition) is 1. The van der Waals surface area contributed by atoms with Crippen LogP contribution in [0.3, 0.4) is 0 Å². The first-order chi connectivity index (χ1) is 11.8. The predicted octanol–water partition coefficient (Wildman–Crippen LogP) is 3.24. The summed E-state index contributed by atoms with van der Waals surface area (Å²) in [6.45, 7) is 0.329. The van der Waals surface area contributed by atoms with E-state index in [0.717, 1.165) is 30.0 Å². The van der Waals surface area contributed by atoms with E-state index in [0.29, 0.717) is 6.54 Å². The van der Waals surface area contributed by atoms with Crippen LogP contribution in [0.1, 0.15) is 22.3 Å². The van der Waals surface area contributed by atoms with Crippen LogP contribution < -0.4 is 10.2 Å². The Hall–Kier alpha value is -2.83. The summed E-state index contributed by atoms with van der Waals surface area (Å²) in [5, 5.41) is 2.70. The molecule has 0 aliphatic carbocycles. The van der Waals surface area contributed by atoms with Crippen molar-refractivity contribution in [3.05, 3.63) is 65.7 Å². The molecule has 1 heterocycles. The van der Waals surface area contributed by atoms with E-state index in [-0.39, 0.29) is 23.9 Å². The molecule has 2 aromatic rings. The number of nitrogens with one attached hydrogen (secondary N) is 1. The van der Waals surface area contributed by atoms with Crippen LogP contribution in [-0.4, -0.2) is 24.4 Å². The fourth-order valence-electron chi connectivity index (χ4n) is 2.74. The van der Waals surface area contributed by atoms with Gasteiger partial charge in [-0.15, -0.1) is 0 Å². The second-order valence-corrected chi connectivity index (χ2v) is 5.79. The lowest BCUT2D eigenvalue weighted by molar-refractivity contribution is -0.137. The van der Waals surface area contributed by atoms with Crippen molar-refractivity contribution in [3.8, 4) is 0 Å². The highest BCUT2D eigenvalue weighted by Gasteiger charge is 2.32. The molecule has 0 saturated carbocycles. The molecule has 0 aromatic heterocycles. The van der Waals surface area contributed by atoms with Gasteiger partial charge in [0.15, 0.2) is 0 Å². The molecule has 7 heteroatoms. The molecule has 1 atom stereocenters. The Kier molecular flexibility index (Phi) is 4.48. The minimum absolute atomic E-state index is 0.107. The Morgan fingerprint density at radius 3 is 2.28 bits per heavy atom. The number of hydrogen-bond acceptors (Lipinski definition) is 2. The van der Waals surface area contributed by atoms with E-state index < -0.39 is 17.6 Å². The molecule has 2 amide bonds. The zero-order valence-electron chi connectivity index (χ0n) is 13.1. The Balaban J connectivity index is 1.65. The molecule has 2 aromatic carbocycles. The molecule has 1 fully saturated rings. The van der Waals surface area contributed by atoms with Crippen molar-refractivity contribution in [1.82, 2.24) is 5.32 Å². The SMILES string of the molecule is O=C(NC1CC(=O)N(c2ccccc2)C1)c1ccc(C(F)(F)F)cc1. The fraction of sp³-hybridized carbons (Fsp3) is 0.222. The maximum Gasteiger partial charge on any atom is 0.416 e. The summed E-state index contributed by atoms with van der Waals surface area (Å²) in [7, 11) is 0. The van der Waals surface area contributed by atoms with Crippen molar-refractivity contribution in [1.29, 1.82) is 0 Å². The molecule has 4 nitrogen and oxygen atoms in total. The lowest BCUT2D eigenvalue weighted by Gasteiger charge is -2.17. The second-order valence-electron chi connectivity index (χ2n) is 5.79. The third-order valence-corrected chi connectivity index (χ3v) is 4.00. The van der Waals surface area contributed by atoms with Crippen molar-refractivity contribution in [3.63, 3.8) is 0 Å². The topological polar surface area (TPSA) is 49.4 Å². The number of amides is 2. The second kappa shape index (κ2) is 6.58. The van der Waals surface area contributed by atoms with Gasteiger partial charge >= 0.3 is 6.18 Å². The average Bonchev–Trinajstić information content (AvgIpc) is 2.95. The number of halogens is 3. The molecule has 0 bridgehead atoms. The number of rotatable bonds is 3. The third-order valence-electron chi connectivity index (χ3n) is 4.00. The first kappa shape index (κ1) is 17.0. The number of anilines is 1. The quantitative estimate of drug-likeness (QED) is 0.926. The van der Waals surface area contributed by atoms with E-state index in [1.54, 1.807) is 17.0 Å². The van der Waals surface area contributed by atoms with E-state index in [1.165, 1.54) is 0 Å². The van der Waals surface area contributed by atoms with E-state index in [1.807, 2.05) is 18.2 Å². The van der Waals surface area contributed by atoms with E-state index in [2.05, 4.69) is 5.32 Å². The van der Waals surface area contributed by atoms with Crippen molar-refractivity contribution < 1.29 is 22.8 Å². The van der Waals surface area contributed by atoms with Crippen molar-refractivity contribution in [2.75, 3.05) is 11.4 Å². The van der Waals surface area contributed by atoms with Crippen LogP contribution in [0.5, 0.6) is 0 Å². The lowest BCUT2D eigenvalue weighted by Crippen LogP contribution is -2.37. The van der Waals surface area contributed by atoms with E-state index in [9.17, 15) is 22.8 Å². The molecule has 1 N–H and O–H groups in total. The largest absolute Gasteiger partial charge is 0.416 e. The van der Waals surface area contributed by atoms with E-state index >= 15 is 0 Å². The predicted molar refractivity (Wildman–Crippen MR) is 86.1 cm³/mol. The molecule has 1 aliphatic rings. The third kappa shape index (κ3) is 3.81. The number of para-hydroxylation sites is 1. The lowest BCUT2D eigenvalue weighted by atomic mass is 10.1. The van der Waals surface area contributed by atoms with Gasteiger partial charge in [-0.3, -0.25) is 9.59 Å². The maximum absolute atomic E-state index is 12.6. The van der Waals surface area contributed by atoms with Gasteiger partial charge in [-0.1, -0.05) is 18.2 Å². The number of carbonyl (C=O) groups is 2. The normalized spacial score (nSPS) is 17.6. The Bertz CT molecular complexity index is 773. The van der Waals surface area contributed by atoms with Crippen LogP contribution >= 0.6 is 0 Å². The molecule has 3 rings (SSSR count). The standard InChI is InChI=1S/C18H15F3N2O2/c19-18(20,21)13-8-6-12(7-9-13)17(25)22-14-10-16(24)23(11-14)15-4-2-1-3-5-15/h1-9,14H,10-11H2,(H,22,25). The summed E-state index contributed by atoms with van der Waals surface area (Å²) in [4.78, 5) is 25.9. The van der Waals surface area contributed by atoms with Gasteiger partial charge in [-0.05, 0) is 36.4 Å². The molecular weight excluding hydrogens is 333 g/mol. The summed E-state index contributed by atoms with van der Waals surface area (Å²) in [5.74, 6) is -0.606. The summed E-state index contributed by atoms with van der Waals surface area (Å²) in [6.07, 6.45) is -4.29. The zero-order chi connectivity index (χ0) is 18.0. The number of carbonyl (C=O) groups excluding carboxylic acids is 2. The Morgan fingerprint density at radius 1 is 1.04 bits per heavy atom. The highest BCUT2D eigenvalue weighted by Crippen LogP contribution is 2.29. The molecule has 1 saturated heterocycles. The van der Waals surface area contributed by atoms with Crippen LogP contribution in [0.15, 0.2) is 54.6 Å². The van der Waals surface area contributed by atoms with Crippen LogP contribution in [0.2, 0.25) is 0 Å². The minimum Gasteiger partial charge on any atom is -0.347 e. The molecule has 1 aliphatic heterocycles. The Labute approximate surface area is 142 Å². The molecule has 0 radical (unpaired) electrons. The smallest absolute Gasteiger partial charge is 0.347 e. The highest BCUT2D eigenvalue weighted by atomic mass is 19.4. The van der Waals surface area contributed by atoms with Gasteiger partial charge in [-0.2, -0.15) is 13.2 Å².